The third-order valence-corrected chi connectivity index (χ3v) is 14.9. The van der Waals surface area contributed by atoms with Crippen LogP contribution in [0.15, 0.2) is 36.4 Å². The van der Waals surface area contributed by atoms with Gasteiger partial charge in [0.15, 0.2) is 0 Å². The summed E-state index contributed by atoms with van der Waals surface area (Å²) in [7, 11) is 0. The fourth-order valence-electron chi connectivity index (χ4n) is 12.5. The molecule has 9 atom stereocenters. The maximum absolute atomic E-state index is 10.9. The van der Waals surface area contributed by atoms with E-state index in [0.717, 1.165) is 12.0 Å². The number of carbonyl (C=O) groups excluding carboxylic acids is 1. The molecule has 4 fully saturated rings. The summed E-state index contributed by atoms with van der Waals surface area (Å²) in [6, 6.07) is 5.66. The minimum Gasteiger partial charge on any atom is -0.429 e. The van der Waals surface area contributed by atoms with Crippen LogP contribution in [0.1, 0.15) is 105 Å². The molecule has 5 aliphatic carbocycles. The molecule has 0 aromatic heterocycles. The normalized spacial score (nSPS) is 44.5. The first-order chi connectivity index (χ1) is 19.3. The molecule has 1 aromatic carbocycles. The van der Waals surface area contributed by atoms with Crippen molar-refractivity contribution < 1.29 is 14.6 Å². The lowest BCUT2D eigenvalue weighted by atomic mass is 9.32. The van der Waals surface area contributed by atoms with Crippen molar-refractivity contribution in [3.05, 3.63) is 47.0 Å². The van der Waals surface area contributed by atoms with E-state index in [2.05, 4.69) is 54.2 Å². The fraction of sp³-hybridized carbons (Fsp3) is 0.703. The van der Waals surface area contributed by atoms with E-state index in [0.29, 0.717) is 53.4 Å². The SMILES string of the molecule is C=C(C)[C@@H]1CC[C@]2(CO)CC[C@]3(C)[C@H](CC[C@@H]4[C@@]5(C)CC=C(c6ccc(OC=O)cc6Cl)C(C)(C)[C@@H]5CC[C@]43C)[C@@H]12. The number of hydrogen-bond donors (Lipinski definition) is 1. The molecule has 0 bridgehead atoms. The zero-order chi connectivity index (χ0) is 29.6. The molecule has 0 spiro atoms. The second-order valence-electron chi connectivity index (χ2n) is 16.1. The predicted molar refractivity (Wildman–Crippen MR) is 168 cm³/mol. The number of ether oxygens (including phenoxy) is 1. The van der Waals surface area contributed by atoms with E-state index in [1.165, 1.54) is 62.5 Å². The van der Waals surface area contributed by atoms with Crippen LogP contribution in [0.25, 0.3) is 5.57 Å². The van der Waals surface area contributed by atoms with Crippen molar-refractivity contribution in [3.8, 4) is 5.75 Å². The number of aliphatic hydroxyl groups is 1. The fourth-order valence-corrected chi connectivity index (χ4v) is 12.7. The number of carbonyl (C=O) groups is 1. The molecule has 0 unspecified atom stereocenters. The quantitative estimate of drug-likeness (QED) is 0.279. The lowest BCUT2D eigenvalue weighted by Crippen LogP contribution is -2.65. The van der Waals surface area contributed by atoms with Crippen LogP contribution in [0, 0.1) is 56.7 Å². The standard InChI is InChI=1S/C37H51ClO3/c1-23(2)25-12-17-37(21-39)19-18-35(6)28(32(25)37)10-11-31-34(5)15-13-27(26-9-8-24(41-22-40)20-29(26)38)33(3,4)30(34)14-16-36(31,35)7/h8-9,13,20,22,25,28,30-32,39H,1,10-12,14-19,21H2,2-7H3/t25-,28+,30-,31+,32+,34-,35+,36+,37+/m0/s1. The van der Waals surface area contributed by atoms with Crippen molar-refractivity contribution in [1.82, 2.24) is 0 Å². The van der Waals surface area contributed by atoms with Crippen LogP contribution in [-0.4, -0.2) is 18.2 Å². The van der Waals surface area contributed by atoms with E-state index < -0.39 is 0 Å². The summed E-state index contributed by atoms with van der Waals surface area (Å²) >= 11 is 6.80. The number of hydrogen-bond acceptors (Lipinski definition) is 3. The molecule has 1 N–H and O–H groups in total. The number of benzene rings is 1. The summed E-state index contributed by atoms with van der Waals surface area (Å²) in [4.78, 5) is 10.9. The molecule has 4 saturated carbocycles. The van der Waals surface area contributed by atoms with Crippen LogP contribution < -0.4 is 4.74 Å². The Kier molecular flexibility index (Phi) is 6.99. The highest BCUT2D eigenvalue weighted by atomic mass is 35.5. The molecular weight excluding hydrogens is 528 g/mol. The first kappa shape index (κ1) is 29.5. The minimum atomic E-state index is -0.0160. The van der Waals surface area contributed by atoms with Gasteiger partial charge in [0.2, 0.25) is 0 Å². The van der Waals surface area contributed by atoms with Gasteiger partial charge in [-0.05, 0) is 145 Å². The van der Waals surface area contributed by atoms with Crippen molar-refractivity contribution in [2.75, 3.05) is 6.61 Å². The maximum atomic E-state index is 10.9. The lowest BCUT2D eigenvalue weighted by Gasteiger charge is -2.72. The third kappa shape index (κ3) is 3.89. The van der Waals surface area contributed by atoms with Crippen molar-refractivity contribution in [2.24, 2.45) is 56.7 Å². The minimum absolute atomic E-state index is 0.0160. The smallest absolute Gasteiger partial charge is 0.298 e. The monoisotopic (exact) mass is 578 g/mol. The van der Waals surface area contributed by atoms with Gasteiger partial charge in [0.1, 0.15) is 5.75 Å². The molecule has 0 aliphatic heterocycles. The Morgan fingerprint density at radius 3 is 2.44 bits per heavy atom. The average molecular weight is 579 g/mol. The van der Waals surface area contributed by atoms with Crippen molar-refractivity contribution in [3.63, 3.8) is 0 Å². The third-order valence-electron chi connectivity index (χ3n) is 14.5. The number of allylic oxidation sites excluding steroid dienone is 3. The Labute approximate surface area is 253 Å². The molecule has 3 nitrogen and oxygen atoms in total. The van der Waals surface area contributed by atoms with Crippen LogP contribution in [0.3, 0.4) is 0 Å². The molecule has 6 rings (SSSR count). The molecule has 0 heterocycles. The molecule has 1 aromatic rings. The Morgan fingerprint density at radius 1 is 1.02 bits per heavy atom. The van der Waals surface area contributed by atoms with Crippen molar-refractivity contribution >= 4 is 23.6 Å². The lowest BCUT2D eigenvalue weighted by molar-refractivity contribution is -0.228. The van der Waals surface area contributed by atoms with Gasteiger partial charge >= 0.3 is 0 Å². The van der Waals surface area contributed by atoms with Gasteiger partial charge in [0.25, 0.3) is 6.47 Å². The van der Waals surface area contributed by atoms with Crippen molar-refractivity contribution in [2.45, 2.75) is 99.3 Å². The van der Waals surface area contributed by atoms with E-state index >= 15 is 0 Å². The second kappa shape index (κ2) is 9.71. The van der Waals surface area contributed by atoms with Crippen LogP contribution in [0.5, 0.6) is 5.75 Å². The van der Waals surface area contributed by atoms with E-state index in [1.807, 2.05) is 12.1 Å². The summed E-state index contributed by atoms with van der Waals surface area (Å²) in [5, 5.41) is 11.4. The first-order valence-corrected chi connectivity index (χ1v) is 16.5. The van der Waals surface area contributed by atoms with Gasteiger partial charge in [-0.1, -0.05) is 64.4 Å². The highest BCUT2D eigenvalue weighted by Gasteiger charge is 2.70. The Balaban J connectivity index is 1.37. The van der Waals surface area contributed by atoms with Gasteiger partial charge in [-0.25, -0.2) is 0 Å². The number of fused-ring (bicyclic) bond motifs is 7. The van der Waals surface area contributed by atoms with E-state index in [4.69, 9.17) is 16.3 Å². The predicted octanol–water partition coefficient (Wildman–Crippen LogP) is 9.52. The van der Waals surface area contributed by atoms with Gasteiger partial charge in [0, 0.05) is 12.7 Å². The largest absolute Gasteiger partial charge is 0.429 e. The van der Waals surface area contributed by atoms with Gasteiger partial charge in [-0.15, -0.1) is 0 Å². The maximum Gasteiger partial charge on any atom is 0.298 e. The van der Waals surface area contributed by atoms with Gasteiger partial charge in [0.05, 0.1) is 5.02 Å². The second-order valence-corrected chi connectivity index (χ2v) is 16.5. The molecular formula is C37H51ClO3. The zero-order valence-corrected chi connectivity index (χ0v) is 26.9. The summed E-state index contributed by atoms with van der Waals surface area (Å²) in [5.41, 5.74) is 4.65. The number of rotatable bonds is 5. The van der Waals surface area contributed by atoms with Gasteiger partial charge in [-0.3, -0.25) is 4.79 Å². The molecule has 0 radical (unpaired) electrons. The first-order valence-electron chi connectivity index (χ1n) is 16.2. The van der Waals surface area contributed by atoms with Crippen LogP contribution in [-0.2, 0) is 4.79 Å². The Bertz CT molecular complexity index is 1280. The molecule has 41 heavy (non-hydrogen) atoms. The van der Waals surface area contributed by atoms with E-state index in [-0.39, 0.29) is 27.1 Å². The molecule has 224 valence electrons. The van der Waals surface area contributed by atoms with E-state index in [9.17, 15) is 9.90 Å². The summed E-state index contributed by atoms with van der Waals surface area (Å²) in [6.07, 6.45) is 13.5. The molecule has 4 heteroatoms. The van der Waals surface area contributed by atoms with Gasteiger partial charge < -0.3 is 9.84 Å². The van der Waals surface area contributed by atoms with Gasteiger partial charge in [-0.2, -0.15) is 0 Å². The summed E-state index contributed by atoms with van der Waals surface area (Å²) < 4.78 is 5.06. The van der Waals surface area contributed by atoms with Crippen LogP contribution in [0.4, 0.5) is 0 Å². The summed E-state index contributed by atoms with van der Waals surface area (Å²) in [6.45, 7) is 20.4. The van der Waals surface area contributed by atoms with Crippen molar-refractivity contribution in [1.29, 1.82) is 0 Å². The highest BCUT2D eigenvalue weighted by Crippen LogP contribution is 2.77. The number of aliphatic hydroxyl groups excluding tert-OH is 1. The highest BCUT2D eigenvalue weighted by molar-refractivity contribution is 6.32. The Morgan fingerprint density at radius 2 is 1.78 bits per heavy atom. The summed E-state index contributed by atoms with van der Waals surface area (Å²) in [5.74, 6) is 3.55. The molecule has 0 saturated heterocycles. The molecule has 5 aliphatic rings. The topological polar surface area (TPSA) is 46.5 Å². The van der Waals surface area contributed by atoms with E-state index in [1.54, 1.807) is 6.07 Å². The molecule has 0 amide bonds. The average Bonchev–Trinajstić information content (AvgIpc) is 3.30. The zero-order valence-electron chi connectivity index (χ0n) is 26.2. The van der Waals surface area contributed by atoms with Crippen LogP contribution >= 0.6 is 11.6 Å². The number of halogens is 1. The van der Waals surface area contributed by atoms with Crippen LogP contribution in [0.2, 0.25) is 5.02 Å². The Hall–Kier alpha value is -1.58.